The van der Waals surface area contributed by atoms with Gasteiger partial charge in [-0.15, -0.1) is 0 Å². The fourth-order valence-corrected chi connectivity index (χ4v) is 8.55. The highest BCUT2D eigenvalue weighted by molar-refractivity contribution is 7.47. The number of ether oxygens (including phenoxy) is 1. The first-order chi connectivity index (χ1) is 33.4. The Morgan fingerprint density at radius 2 is 0.928 bits per heavy atom. The van der Waals surface area contributed by atoms with Gasteiger partial charge in [0.15, 0.2) is 0 Å². The van der Waals surface area contributed by atoms with E-state index >= 15 is 0 Å². The summed E-state index contributed by atoms with van der Waals surface area (Å²) in [5.41, 5.74) is 0. The van der Waals surface area contributed by atoms with Crippen LogP contribution in [-0.2, 0) is 27.9 Å². The van der Waals surface area contributed by atoms with Gasteiger partial charge in [0.25, 0.3) is 0 Å². The van der Waals surface area contributed by atoms with E-state index in [1.54, 1.807) is 0 Å². The van der Waals surface area contributed by atoms with Crippen molar-refractivity contribution in [1.29, 1.82) is 0 Å². The Hall–Kier alpha value is -2.55. The summed E-state index contributed by atoms with van der Waals surface area (Å²) in [5, 5.41) is 3.04. The number of unbranched alkanes of at least 4 members (excludes halogenated alkanes) is 24. The van der Waals surface area contributed by atoms with Crippen molar-refractivity contribution in [3.63, 3.8) is 0 Å². The van der Waals surface area contributed by atoms with E-state index in [9.17, 15) is 19.0 Å². The van der Waals surface area contributed by atoms with E-state index in [1.165, 1.54) is 89.9 Å². The van der Waals surface area contributed by atoms with Gasteiger partial charge in [-0.1, -0.05) is 210 Å². The number of nitrogens with one attached hydrogen (secondary N) is 1. The van der Waals surface area contributed by atoms with Gasteiger partial charge >= 0.3 is 13.8 Å². The minimum absolute atomic E-state index is 0.0336. The zero-order valence-corrected chi connectivity index (χ0v) is 46.4. The molecule has 0 aliphatic carbocycles. The zero-order valence-electron chi connectivity index (χ0n) is 45.5. The molecule has 0 saturated heterocycles. The molecule has 0 aliphatic rings. The number of phosphoric ester groups is 1. The maximum atomic E-state index is 13.5. The highest BCUT2D eigenvalue weighted by Crippen LogP contribution is 2.43. The molecule has 0 rings (SSSR count). The maximum absolute atomic E-state index is 13.5. The van der Waals surface area contributed by atoms with Gasteiger partial charge in [-0.2, -0.15) is 0 Å². The highest BCUT2D eigenvalue weighted by Gasteiger charge is 2.30. The second-order valence-electron chi connectivity index (χ2n) is 20.0. The average Bonchev–Trinajstić information content (AvgIpc) is 3.31. The summed E-state index contributed by atoms with van der Waals surface area (Å²) >= 11 is 0. The normalized spacial score (nSPS) is 14.4. The van der Waals surface area contributed by atoms with Crippen LogP contribution in [0.5, 0.6) is 0 Å². The van der Waals surface area contributed by atoms with E-state index in [0.29, 0.717) is 17.4 Å². The van der Waals surface area contributed by atoms with E-state index < -0.39 is 20.0 Å². The largest absolute Gasteiger partial charge is 0.472 e. The number of carbonyl (C=O) groups excluding carboxylic acids is 2. The Morgan fingerprint density at radius 1 is 0.522 bits per heavy atom. The molecule has 0 aliphatic heterocycles. The molecule has 0 aromatic rings. The lowest BCUT2D eigenvalue weighted by Crippen LogP contribution is -2.47. The van der Waals surface area contributed by atoms with Crippen LogP contribution in [0.25, 0.3) is 0 Å². The number of phosphoric acid groups is 1. The van der Waals surface area contributed by atoms with Gasteiger partial charge in [0.2, 0.25) is 5.91 Å². The van der Waals surface area contributed by atoms with Crippen LogP contribution < -0.4 is 5.32 Å². The molecule has 0 aromatic carbocycles. The van der Waals surface area contributed by atoms with Crippen molar-refractivity contribution < 1.29 is 37.3 Å². The SMILES string of the molecule is CC/C=C/C/C=C/C/C=C/CCCCCCCCC(=O)NC(COP(=O)(O)OCC[N+](C)(C)C)C(/C=C/CCCCCCCCCCCCC)OC(=O)CCCCCCCCC/C=C/C/C=C/CC. The molecule has 69 heavy (non-hydrogen) atoms. The Bertz CT molecular complexity index is 1420. The lowest BCUT2D eigenvalue weighted by Gasteiger charge is -2.27. The Balaban J connectivity index is 5.41. The molecule has 0 aromatic heterocycles. The van der Waals surface area contributed by atoms with E-state index in [-0.39, 0.29) is 31.5 Å². The predicted molar refractivity (Wildman–Crippen MR) is 295 cm³/mol. The van der Waals surface area contributed by atoms with E-state index in [4.69, 9.17) is 13.8 Å². The van der Waals surface area contributed by atoms with Crippen LogP contribution in [0.4, 0.5) is 0 Å². The van der Waals surface area contributed by atoms with Crippen LogP contribution >= 0.6 is 7.82 Å². The van der Waals surface area contributed by atoms with Crippen LogP contribution in [0.3, 0.4) is 0 Å². The molecule has 1 amide bonds. The van der Waals surface area contributed by atoms with Crippen molar-refractivity contribution in [1.82, 2.24) is 5.32 Å². The highest BCUT2D eigenvalue weighted by atomic mass is 31.2. The molecule has 0 radical (unpaired) electrons. The number of allylic oxidation sites excluding steroid dienone is 11. The molecule has 0 saturated carbocycles. The molecule has 10 heteroatoms. The quantitative estimate of drug-likeness (QED) is 0.0205. The topological polar surface area (TPSA) is 111 Å². The Morgan fingerprint density at radius 3 is 1.39 bits per heavy atom. The van der Waals surface area contributed by atoms with Crippen molar-refractivity contribution in [3.8, 4) is 0 Å². The summed E-state index contributed by atoms with van der Waals surface area (Å²) < 4.78 is 30.6. The second-order valence-corrected chi connectivity index (χ2v) is 21.5. The summed E-state index contributed by atoms with van der Waals surface area (Å²) in [4.78, 5) is 37.6. The summed E-state index contributed by atoms with van der Waals surface area (Å²) in [7, 11) is 1.47. The van der Waals surface area contributed by atoms with Crippen LogP contribution in [0, 0.1) is 0 Å². The van der Waals surface area contributed by atoms with Gasteiger partial charge in [-0.05, 0) is 89.5 Å². The average molecular weight is 988 g/mol. The van der Waals surface area contributed by atoms with Crippen LogP contribution in [-0.4, -0.2) is 74.3 Å². The number of esters is 1. The molecule has 400 valence electrons. The summed E-state index contributed by atoms with van der Waals surface area (Å²) in [6, 6.07) is -0.860. The summed E-state index contributed by atoms with van der Waals surface area (Å²) in [5.74, 6) is -0.531. The van der Waals surface area contributed by atoms with E-state index in [1.807, 2.05) is 33.3 Å². The molecule has 0 heterocycles. The lowest BCUT2D eigenvalue weighted by atomic mass is 10.0. The predicted octanol–water partition coefficient (Wildman–Crippen LogP) is 16.9. The lowest BCUT2D eigenvalue weighted by molar-refractivity contribution is -0.870. The first-order valence-electron chi connectivity index (χ1n) is 28.3. The number of carbonyl (C=O) groups is 2. The second kappa shape index (κ2) is 49.0. The molecule has 3 atom stereocenters. The molecule has 0 fully saturated rings. The summed E-state index contributed by atoms with van der Waals surface area (Å²) in [6.45, 7) is 6.77. The number of nitrogens with zero attached hydrogens (tertiary/aromatic N) is 1. The van der Waals surface area contributed by atoms with Gasteiger partial charge < -0.3 is 19.4 Å². The van der Waals surface area contributed by atoms with Gasteiger partial charge in [-0.3, -0.25) is 18.6 Å². The van der Waals surface area contributed by atoms with E-state index in [0.717, 1.165) is 116 Å². The van der Waals surface area contributed by atoms with Gasteiger partial charge in [0, 0.05) is 12.8 Å². The van der Waals surface area contributed by atoms with Gasteiger partial charge in [0.05, 0.1) is 33.8 Å². The number of hydrogen-bond acceptors (Lipinski definition) is 6. The molecular formula is C59H108N2O7P+. The fourth-order valence-electron chi connectivity index (χ4n) is 7.81. The first-order valence-corrected chi connectivity index (χ1v) is 29.8. The fraction of sp³-hybridized carbons (Fsp3) is 0.763. The molecule has 2 N–H and O–H groups in total. The monoisotopic (exact) mass is 988 g/mol. The molecule has 9 nitrogen and oxygen atoms in total. The van der Waals surface area contributed by atoms with Crippen molar-refractivity contribution in [2.24, 2.45) is 0 Å². The van der Waals surface area contributed by atoms with Crippen molar-refractivity contribution in [2.75, 3.05) is 40.9 Å². The maximum Gasteiger partial charge on any atom is 0.472 e. The van der Waals surface area contributed by atoms with E-state index in [2.05, 4.69) is 86.8 Å². The standard InChI is InChI=1S/C59H107N2O7P/c1-7-10-13-16-19-22-25-28-30-31-33-36-39-42-45-48-51-58(62)60-56(55-67-69(64,65)66-54-53-61(4,5)6)57(50-47-44-41-38-35-32-27-24-21-18-15-12-9-3)68-59(63)52-49-46-43-40-37-34-29-26-23-20-17-14-11-8-2/h10-11,13-14,19-20,22-23,28,30,47,50,56-57H,7-9,12,15-18,21,24-27,29,31-46,48-49,51-55H2,1-6H3,(H-,60,62,64,65)/p+1/b13-10+,14-11+,22-19+,23-20+,30-28+,50-47+. The van der Waals surface area contributed by atoms with Crippen LogP contribution in [0.1, 0.15) is 239 Å². The van der Waals surface area contributed by atoms with Crippen molar-refractivity contribution in [2.45, 2.75) is 251 Å². The Kier molecular flexibility index (Phi) is 47.2. The third kappa shape index (κ3) is 50.2. The molecule has 0 bridgehead atoms. The molecular weight excluding hydrogens is 880 g/mol. The smallest absolute Gasteiger partial charge is 0.456 e. The number of hydrogen-bond donors (Lipinski definition) is 2. The molecule has 0 spiro atoms. The van der Waals surface area contributed by atoms with Crippen molar-refractivity contribution >= 4 is 19.7 Å². The minimum Gasteiger partial charge on any atom is -0.456 e. The van der Waals surface area contributed by atoms with Gasteiger partial charge in [-0.25, -0.2) is 4.57 Å². The number of quaternary nitrogens is 1. The number of likely N-dealkylation sites (N-methyl/N-ethyl adjacent to an activating group) is 1. The minimum atomic E-state index is -4.45. The summed E-state index contributed by atoms with van der Waals surface area (Å²) in [6.07, 6.45) is 61.8. The Labute approximate surface area is 425 Å². The number of amides is 1. The molecule has 3 unspecified atom stereocenters. The zero-order chi connectivity index (χ0) is 50.8. The third-order valence-corrected chi connectivity index (χ3v) is 13.1. The third-order valence-electron chi connectivity index (χ3n) is 12.1. The first kappa shape index (κ1) is 66.5. The van der Waals surface area contributed by atoms with Crippen LogP contribution in [0.15, 0.2) is 72.9 Å². The van der Waals surface area contributed by atoms with Gasteiger partial charge in [0.1, 0.15) is 19.3 Å². The van der Waals surface area contributed by atoms with Crippen molar-refractivity contribution in [3.05, 3.63) is 72.9 Å². The number of rotatable bonds is 50. The van der Waals surface area contributed by atoms with Crippen LogP contribution in [0.2, 0.25) is 0 Å².